The number of ether oxygens (including phenoxy) is 1. The third kappa shape index (κ3) is 3.15. The lowest BCUT2D eigenvalue weighted by Crippen LogP contribution is -2.36. The number of halogens is 1. The number of benzene rings is 1. The summed E-state index contributed by atoms with van der Waals surface area (Å²) >= 11 is 1.60. The molecule has 120 valence electrons. The van der Waals surface area contributed by atoms with Crippen molar-refractivity contribution in [3.05, 3.63) is 41.5 Å². The highest BCUT2D eigenvalue weighted by atomic mass is 32.2. The van der Waals surface area contributed by atoms with Gasteiger partial charge in [-0.25, -0.2) is 4.39 Å². The van der Waals surface area contributed by atoms with Gasteiger partial charge in [0.25, 0.3) is 0 Å². The number of rotatable bonds is 3. The maximum Gasteiger partial charge on any atom is 0.212 e. The van der Waals surface area contributed by atoms with Gasteiger partial charge >= 0.3 is 0 Å². The molecule has 0 spiro atoms. The first-order valence-corrected chi connectivity index (χ1v) is 8.49. The molecule has 1 fully saturated rings. The quantitative estimate of drug-likeness (QED) is 0.854. The van der Waals surface area contributed by atoms with E-state index in [1.807, 2.05) is 4.68 Å². The Morgan fingerprint density at radius 2 is 1.91 bits per heavy atom. The summed E-state index contributed by atoms with van der Waals surface area (Å²) in [5.41, 5.74) is 1.83. The Kier molecular flexibility index (Phi) is 4.11. The minimum atomic E-state index is -0.240. The Morgan fingerprint density at radius 1 is 1.13 bits per heavy atom. The third-order valence-corrected chi connectivity index (χ3v) is 4.81. The van der Waals surface area contributed by atoms with Crippen molar-refractivity contribution in [2.24, 2.45) is 5.10 Å². The van der Waals surface area contributed by atoms with Crippen LogP contribution in [0.15, 0.2) is 34.5 Å². The van der Waals surface area contributed by atoms with Gasteiger partial charge in [0.05, 0.1) is 25.5 Å². The number of hydrogen-bond acceptors (Lipinski definition) is 6. The molecule has 2 aliphatic rings. The zero-order valence-electron chi connectivity index (χ0n) is 12.5. The topological polar surface area (TPSA) is 55.5 Å². The molecule has 1 saturated heterocycles. The van der Waals surface area contributed by atoms with Crippen LogP contribution in [0, 0.1) is 5.82 Å². The average molecular weight is 333 g/mol. The van der Waals surface area contributed by atoms with Crippen LogP contribution in [0.3, 0.4) is 0 Å². The number of fused-ring (bicyclic) bond motifs is 1. The van der Waals surface area contributed by atoms with Crippen molar-refractivity contribution in [3.63, 3.8) is 0 Å². The number of thioether (sulfide) groups is 1. The van der Waals surface area contributed by atoms with Gasteiger partial charge in [-0.2, -0.15) is 9.78 Å². The van der Waals surface area contributed by atoms with Gasteiger partial charge in [-0.15, -0.1) is 10.2 Å². The lowest BCUT2D eigenvalue weighted by molar-refractivity contribution is 0.0325. The summed E-state index contributed by atoms with van der Waals surface area (Å²) in [6.45, 7) is 3.99. The van der Waals surface area contributed by atoms with Crippen molar-refractivity contribution >= 4 is 17.5 Å². The molecule has 0 aliphatic carbocycles. The van der Waals surface area contributed by atoms with Gasteiger partial charge < -0.3 is 4.74 Å². The molecule has 2 aromatic rings. The molecule has 2 aliphatic heterocycles. The third-order valence-electron chi connectivity index (χ3n) is 3.88. The van der Waals surface area contributed by atoms with E-state index in [1.54, 1.807) is 23.9 Å². The summed E-state index contributed by atoms with van der Waals surface area (Å²) in [7, 11) is 0. The summed E-state index contributed by atoms with van der Waals surface area (Å²) in [6, 6.07) is 6.43. The van der Waals surface area contributed by atoms with E-state index in [4.69, 9.17) is 4.74 Å². The number of nitrogens with zero attached hydrogens (tertiary/aromatic N) is 5. The van der Waals surface area contributed by atoms with E-state index in [2.05, 4.69) is 20.2 Å². The molecule has 1 aromatic heterocycles. The highest BCUT2D eigenvalue weighted by molar-refractivity contribution is 7.99. The van der Waals surface area contributed by atoms with E-state index in [0.29, 0.717) is 12.3 Å². The van der Waals surface area contributed by atoms with Crippen molar-refractivity contribution in [1.82, 2.24) is 19.8 Å². The second-order valence-electron chi connectivity index (χ2n) is 5.44. The number of morpholine rings is 1. The van der Waals surface area contributed by atoms with Crippen LogP contribution < -0.4 is 0 Å². The lowest BCUT2D eigenvalue weighted by Gasteiger charge is -2.26. The molecule has 0 saturated carbocycles. The van der Waals surface area contributed by atoms with E-state index in [0.717, 1.165) is 48.6 Å². The minimum Gasteiger partial charge on any atom is -0.379 e. The molecule has 23 heavy (non-hydrogen) atoms. The van der Waals surface area contributed by atoms with Gasteiger partial charge in [0.15, 0.2) is 5.82 Å². The molecular weight excluding hydrogens is 317 g/mol. The summed E-state index contributed by atoms with van der Waals surface area (Å²) in [4.78, 5) is 2.28. The molecule has 3 heterocycles. The Hall–Kier alpha value is -1.77. The maximum atomic E-state index is 13.1. The molecule has 0 N–H and O–H groups in total. The Labute approximate surface area is 137 Å². The second-order valence-corrected chi connectivity index (χ2v) is 6.38. The molecule has 6 nitrogen and oxygen atoms in total. The SMILES string of the molecule is Fc1ccc(C2=Nn3c(CN4CCOCC4)nnc3SC2)cc1. The molecule has 0 bridgehead atoms. The Bertz CT molecular complexity index is 724. The van der Waals surface area contributed by atoms with Crippen molar-refractivity contribution in [2.45, 2.75) is 11.7 Å². The van der Waals surface area contributed by atoms with Crippen LogP contribution in [0.5, 0.6) is 0 Å². The number of hydrogen-bond donors (Lipinski definition) is 0. The smallest absolute Gasteiger partial charge is 0.212 e. The van der Waals surface area contributed by atoms with Crippen LogP contribution >= 0.6 is 11.8 Å². The minimum absolute atomic E-state index is 0.240. The molecule has 0 atom stereocenters. The van der Waals surface area contributed by atoms with Gasteiger partial charge in [-0.1, -0.05) is 23.9 Å². The zero-order chi connectivity index (χ0) is 15.6. The van der Waals surface area contributed by atoms with Gasteiger partial charge in [-0.3, -0.25) is 4.90 Å². The fourth-order valence-corrected chi connectivity index (χ4v) is 3.47. The first kappa shape index (κ1) is 14.8. The summed E-state index contributed by atoms with van der Waals surface area (Å²) in [5.74, 6) is 1.30. The Morgan fingerprint density at radius 3 is 2.70 bits per heavy atom. The molecule has 4 rings (SSSR count). The van der Waals surface area contributed by atoms with Crippen LogP contribution in [-0.4, -0.2) is 57.5 Å². The molecule has 0 amide bonds. The van der Waals surface area contributed by atoms with Crippen molar-refractivity contribution in [3.8, 4) is 0 Å². The van der Waals surface area contributed by atoms with Crippen LogP contribution in [-0.2, 0) is 11.3 Å². The van der Waals surface area contributed by atoms with Crippen LogP contribution in [0.2, 0.25) is 0 Å². The molecule has 0 unspecified atom stereocenters. The number of aromatic nitrogens is 3. The summed E-state index contributed by atoms with van der Waals surface area (Å²) < 4.78 is 20.3. The van der Waals surface area contributed by atoms with Crippen molar-refractivity contribution in [2.75, 3.05) is 32.1 Å². The van der Waals surface area contributed by atoms with Gasteiger partial charge in [0.2, 0.25) is 5.16 Å². The van der Waals surface area contributed by atoms with E-state index in [-0.39, 0.29) is 5.82 Å². The lowest BCUT2D eigenvalue weighted by atomic mass is 10.1. The van der Waals surface area contributed by atoms with Crippen molar-refractivity contribution < 1.29 is 9.13 Å². The summed E-state index contributed by atoms with van der Waals surface area (Å²) in [5, 5.41) is 14.0. The summed E-state index contributed by atoms with van der Waals surface area (Å²) in [6.07, 6.45) is 0. The van der Waals surface area contributed by atoms with Crippen molar-refractivity contribution in [1.29, 1.82) is 0 Å². The first-order chi connectivity index (χ1) is 11.3. The normalized spacial score (nSPS) is 18.6. The fourth-order valence-electron chi connectivity index (χ4n) is 2.61. The first-order valence-electron chi connectivity index (χ1n) is 7.50. The predicted molar refractivity (Wildman–Crippen MR) is 85.2 cm³/mol. The van der Waals surface area contributed by atoms with E-state index >= 15 is 0 Å². The standard InChI is InChI=1S/C15H16FN5OS/c16-12-3-1-11(2-4-12)13-10-23-15-18-17-14(21(15)19-13)9-20-5-7-22-8-6-20/h1-4H,5-10H2. The zero-order valence-corrected chi connectivity index (χ0v) is 13.3. The highest BCUT2D eigenvalue weighted by Gasteiger charge is 2.22. The molecule has 1 aromatic carbocycles. The van der Waals surface area contributed by atoms with Crippen LogP contribution in [0.25, 0.3) is 0 Å². The van der Waals surface area contributed by atoms with Crippen LogP contribution in [0.1, 0.15) is 11.4 Å². The largest absolute Gasteiger partial charge is 0.379 e. The monoisotopic (exact) mass is 333 g/mol. The van der Waals surface area contributed by atoms with E-state index < -0.39 is 0 Å². The molecular formula is C15H16FN5OS. The molecule has 8 heteroatoms. The maximum absolute atomic E-state index is 13.1. The van der Waals surface area contributed by atoms with E-state index in [1.165, 1.54) is 12.1 Å². The van der Waals surface area contributed by atoms with Gasteiger partial charge in [0, 0.05) is 18.8 Å². The van der Waals surface area contributed by atoms with Gasteiger partial charge in [-0.05, 0) is 17.7 Å². The highest BCUT2D eigenvalue weighted by Crippen LogP contribution is 2.24. The fraction of sp³-hybridized carbons (Fsp3) is 0.400. The Balaban J connectivity index is 1.60. The van der Waals surface area contributed by atoms with Gasteiger partial charge in [0.1, 0.15) is 5.82 Å². The molecule has 0 radical (unpaired) electrons. The predicted octanol–water partition coefficient (Wildman–Crippen LogP) is 1.61. The van der Waals surface area contributed by atoms with Crippen LogP contribution in [0.4, 0.5) is 4.39 Å². The average Bonchev–Trinajstić information content (AvgIpc) is 2.99. The second kappa shape index (κ2) is 6.38. The van der Waals surface area contributed by atoms with E-state index in [9.17, 15) is 4.39 Å².